The van der Waals surface area contributed by atoms with E-state index in [-0.39, 0.29) is 29.9 Å². The minimum absolute atomic E-state index is 0. The van der Waals surface area contributed by atoms with Gasteiger partial charge in [0.15, 0.2) is 0 Å². The van der Waals surface area contributed by atoms with Gasteiger partial charge in [0.05, 0.1) is 13.2 Å². The molecule has 0 bridgehead atoms. The highest BCUT2D eigenvalue weighted by molar-refractivity contribution is 6.35. The van der Waals surface area contributed by atoms with Gasteiger partial charge in [-0.3, -0.25) is 4.79 Å². The molecule has 23 heavy (non-hydrogen) atoms. The Balaban J connectivity index is 0.00000264. The van der Waals surface area contributed by atoms with Crippen molar-refractivity contribution in [1.82, 2.24) is 10.6 Å². The van der Waals surface area contributed by atoms with Crippen molar-refractivity contribution in [3.05, 3.63) is 33.8 Å². The summed E-state index contributed by atoms with van der Waals surface area (Å²) < 4.78 is 5.36. The minimum Gasteiger partial charge on any atom is -0.378 e. The lowest BCUT2D eigenvalue weighted by atomic mass is 9.94. The van der Waals surface area contributed by atoms with Crippen molar-refractivity contribution < 1.29 is 9.53 Å². The fourth-order valence-electron chi connectivity index (χ4n) is 2.59. The molecule has 1 amide bonds. The van der Waals surface area contributed by atoms with Crippen LogP contribution in [-0.4, -0.2) is 37.2 Å². The van der Waals surface area contributed by atoms with Crippen LogP contribution >= 0.6 is 35.6 Å². The first-order valence-electron chi connectivity index (χ1n) is 7.42. The molecule has 0 aliphatic carbocycles. The second-order valence-electron chi connectivity index (χ2n) is 6.27. The van der Waals surface area contributed by atoms with Crippen LogP contribution in [-0.2, 0) is 16.0 Å². The van der Waals surface area contributed by atoms with E-state index in [0.717, 1.165) is 12.1 Å². The van der Waals surface area contributed by atoms with Gasteiger partial charge in [0.2, 0.25) is 5.91 Å². The molecule has 2 N–H and O–H groups in total. The summed E-state index contributed by atoms with van der Waals surface area (Å²) in [5.41, 5.74) is 0.583. The highest BCUT2D eigenvalue weighted by atomic mass is 35.5. The molecule has 1 fully saturated rings. The Morgan fingerprint density at radius 3 is 2.78 bits per heavy atom. The third-order valence-electron chi connectivity index (χ3n) is 3.56. The number of amides is 1. The average Bonchev–Trinajstić information content (AvgIpc) is 2.42. The van der Waals surface area contributed by atoms with Crippen LogP contribution in [0, 0.1) is 0 Å². The molecule has 130 valence electrons. The SMILES string of the molecule is CC(C)(Cc1ccc(Cl)cc1Cl)NC(=O)CC1COCCN1.Cl. The summed E-state index contributed by atoms with van der Waals surface area (Å²) in [7, 11) is 0. The summed E-state index contributed by atoms with van der Waals surface area (Å²) in [5.74, 6) is 0.0121. The first-order chi connectivity index (χ1) is 10.4. The molecule has 2 rings (SSSR count). The number of halogens is 3. The first kappa shape index (κ1) is 20.5. The molecule has 1 unspecified atom stereocenters. The van der Waals surface area contributed by atoms with Gasteiger partial charge >= 0.3 is 0 Å². The maximum Gasteiger partial charge on any atom is 0.222 e. The number of nitrogens with one attached hydrogen (secondary N) is 2. The van der Waals surface area contributed by atoms with Crippen LogP contribution in [0.4, 0.5) is 0 Å². The molecular formula is C16H23Cl3N2O2. The largest absolute Gasteiger partial charge is 0.378 e. The van der Waals surface area contributed by atoms with E-state index in [1.165, 1.54) is 0 Å². The van der Waals surface area contributed by atoms with Gasteiger partial charge in [0.1, 0.15) is 0 Å². The fraction of sp³-hybridized carbons (Fsp3) is 0.562. The van der Waals surface area contributed by atoms with E-state index in [2.05, 4.69) is 10.6 Å². The Morgan fingerprint density at radius 2 is 2.17 bits per heavy atom. The number of hydrogen-bond acceptors (Lipinski definition) is 3. The molecule has 4 nitrogen and oxygen atoms in total. The zero-order valence-electron chi connectivity index (χ0n) is 13.3. The van der Waals surface area contributed by atoms with Crippen molar-refractivity contribution in [2.45, 2.75) is 38.3 Å². The third-order valence-corrected chi connectivity index (χ3v) is 4.14. The topological polar surface area (TPSA) is 50.4 Å². The average molecular weight is 382 g/mol. The lowest BCUT2D eigenvalue weighted by molar-refractivity contribution is -0.123. The normalized spacial score (nSPS) is 18.2. The van der Waals surface area contributed by atoms with Crippen LogP contribution in [0.3, 0.4) is 0 Å². The molecule has 0 saturated carbocycles. The standard InChI is InChI=1S/C16H22Cl2N2O2.ClH/c1-16(2,9-11-3-4-12(17)7-14(11)18)20-15(21)8-13-10-22-6-5-19-13;/h3-4,7,13,19H,5-6,8-10H2,1-2H3,(H,20,21);1H. The van der Waals surface area contributed by atoms with Gasteiger partial charge in [-0.2, -0.15) is 0 Å². The summed E-state index contributed by atoms with van der Waals surface area (Å²) in [6.07, 6.45) is 1.06. The van der Waals surface area contributed by atoms with Gasteiger partial charge in [0, 0.05) is 34.6 Å². The zero-order chi connectivity index (χ0) is 16.2. The predicted octanol–water partition coefficient (Wildman–Crippen LogP) is 3.23. The quantitative estimate of drug-likeness (QED) is 0.823. The minimum atomic E-state index is -0.385. The van der Waals surface area contributed by atoms with Gasteiger partial charge in [0.25, 0.3) is 0 Å². The summed E-state index contributed by atoms with van der Waals surface area (Å²) in [5, 5.41) is 7.58. The van der Waals surface area contributed by atoms with Crippen LogP contribution < -0.4 is 10.6 Å². The molecule has 7 heteroatoms. The fourth-order valence-corrected chi connectivity index (χ4v) is 3.06. The molecule has 1 heterocycles. The number of benzene rings is 1. The van der Waals surface area contributed by atoms with E-state index in [0.29, 0.717) is 36.1 Å². The molecule has 1 aliphatic rings. The van der Waals surface area contributed by atoms with Crippen LogP contribution in [0.1, 0.15) is 25.8 Å². The second kappa shape index (κ2) is 9.09. The lowest BCUT2D eigenvalue weighted by Gasteiger charge is -2.29. The molecule has 1 aromatic rings. The maximum absolute atomic E-state index is 12.2. The van der Waals surface area contributed by atoms with E-state index < -0.39 is 0 Å². The Hall–Kier alpha value is -0.520. The molecule has 0 radical (unpaired) electrons. The van der Waals surface area contributed by atoms with Crippen molar-refractivity contribution in [2.75, 3.05) is 19.8 Å². The van der Waals surface area contributed by atoms with Crippen molar-refractivity contribution >= 4 is 41.5 Å². The number of hydrogen-bond donors (Lipinski definition) is 2. The van der Waals surface area contributed by atoms with Crippen LogP contribution in [0.2, 0.25) is 10.0 Å². The van der Waals surface area contributed by atoms with Gasteiger partial charge in [-0.25, -0.2) is 0 Å². The lowest BCUT2D eigenvalue weighted by Crippen LogP contribution is -2.49. The number of morpholine rings is 1. The summed E-state index contributed by atoms with van der Waals surface area (Å²) in [4.78, 5) is 12.2. The third kappa shape index (κ3) is 6.86. The van der Waals surface area contributed by atoms with Crippen molar-refractivity contribution in [2.24, 2.45) is 0 Å². The molecule has 1 atom stereocenters. The van der Waals surface area contributed by atoms with Gasteiger partial charge in [-0.05, 0) is 38.0 Å². The Bertz CT molecular complexity index is 532. The predicted molar refractivity (Wildman–Crippen MR) is 96.9 cm³/mol. The van der Waals surface area contributed by atoms with Crippen molar-refractivity contribution in [3.8, 4) is 0 Å². The monoisotopic (exact) mass is 380 g/mol. The molecule has 1 saturated heterocycles. The smallest absolute Gasteiger partial charge is 0.222 e. The van der Waals surface area contributed by atoms with Crippen LogP contribution in [0.25, 0.3) is 0 Å². The van der Waals surface area contributed by atoms with E-state index in [9.17, 15) is 4.79 Å². The highest BCUT2D eigenvalue weighted by Gasteiger charge is 2.24. The summed E-state index contributed by atoms with van der Waals surface area (Å²) in [6, 6.07) is 5.52. The van der Waals surface area contributed by atoms with Crippen LogP contribution in [0.5, 0.6) is 0 Å². The van der Waals surface area contributed by atoms with Gasteiger partial charge in [-0.1, -0.05) is 29.3 Å². The second-order valence-corrected chi connectivity index (χ2v) is 7.12. The maximum atomic E-state index is 12.2. The van der Waals surface area contributed by atoms with Gasteiger partial charge in [-0.15, -0.1) is 12.4 Å². The zero-order valence-corrected chi connectivity index (χ0v) is 15.7. The highest BCUT2D eigenvalue weighted by Crippen LogP contribution is 2.24. The van der Waals surface area contributed by atoms with E-state index >= 15 is 0 Å². The van der Waals surface area contributed by atoms with E-state index in [4.69, 9.17) is 27.9 Å². The molecule has 0 spiro atoms. The summed E-state index contributed by atoms with van der Waals surface area (Å²) in [6.45, 7) is 6.05. The first-order valence-corrected chi connectivity index (χ1v) is 8.17. The Kier molecular flexibility index (Phi) is 8.11. The summed E-state index contributed by atoms with van der Waals surface area (Å²) >= 11 is 12.1. The van der Waals surface area contributed by atoms with Crippen molar-refractivity contribution in [1.29, 1.82) is 0 Å². The van der Waals surface area contributed by atoms with Gasteiger partial charge < -0.3 is 15.4 Å². The van der Waals surface area contributed by atoms with Crippen LogP contribution in [0.15, 0.2) is 18.2 Å². The van der Waals surface area contributed by atoms with E-state index in [1.807, 2.05) is 26.0 Å². The number of carbonyl (C=O) groups is 1. The number of rotatable bonds is 5. The molecule has 0 aromatic heterocycles. The Labute approximate surface area is 153 Å². The van der Waals surface area contributed by atoms with Crippen molar-refractivity contribution in [3.63, 3.8) is 0 Å². The molecular weight excluding hydrogens is 359 g/mol. The number of ether oxygens (including phenoxy) is 1. The van der Waals surface area contributed by atoms with E-state index in [1.54, 1.807) is 6.07 Å². The molecule has 1 aromatic carbocycles. The molecule has 1 aliphatic heterocycles. The number of carbonyl (C=O) groups excluding carboxylic acids is 1. The Morgan fingerprint density at radius 1 is 1.43 bits per heavy atom.